The first-order chi connectivity index (χ1) is 8.52. The molecule has 98 valence electrons. The van der Waals surface area contributed by atoms with Gasteiger partial charge in [-0.25, -0.2) is 4.98 Å². The lowest BCUT2D eigenvalue weighted by Gasteiger charge is -2.08. The molecule has 0 aromatic carbocycles. The van der Waals surface area contributed by atoms with Crippen LogP contribution in [0.3, 0.4) is 0 Å². The predicted octanol–water partition coefficient (Wildman–Crippen LogP) is 3.13. The summed E-state index contributed by atoms with van der Waals surface area (Å²) in [5, 5.41) is 15.2. The summed E-state index contributed by atoms with van der Waals surface area (Å²) in [4.78, 5) is 4.09. The van der Waals surface area contributed by atoms with Crippen LogP contribution in [0.4, 0.5) is 0 Å². The van der Waals surface area contributed by atoms with Crippen molar-refractivity contribution in [3.63, 3.8) is 0 Å². The molecule has 0 amide bonds. The van der Waals surface area contributed by atoms with Crippen LogP contribution < -0.4 is 0 Å². The number of thiazole rings is 1. The highest BCUT2D eigenvalue weighted by Gasteiger charge is 2.19. The van der Waals surface area contributed by atoms with Crippen LogP contribution in [0.2, 0.25) is 4.34 Å². The predicted molar refractivity (Wildman–Crippen MR) is 76.1 cm³/mol. The van der Waals surface area contributed by atoms with Crippen molar-refractivity contribution in [1.82, 2.24) is 14.8 Å². The molecule has 0 aliphatic heterocycles. The molecule has 0 spiro atoms. The highest BCUT2D eigenvalue weighted by atomic mass is 79.9. The van der Waals surface area contributed by atoms with Crippen molar-refractivity contribution in [2.24, 2.45) is 7.05 Å². The van der Waals surface area contributed by atoms with Gasteiger partial charge in [0.1, 0.15) is 15.4 Å². The smallest absolute Gasteiger partial charge is 0.123 e. The molecule has 0 saturated heterocycles. The van der Waals surface area contributed by atoms with Gasteiger partial charge in [0.05, 0.1) is 22.1 Å². The Hall–Kier alpha value is -0.430. The lowest BCUT2D eigenvalue weighted by atomic mass is 10.2. The van der Waals surface area contributed by atoms with Gasteiger partial charge >= 0.3 is 0 Å². The number of rotatable bonds is 4. The fourth-order valence-electron chi connectivity index (χ4n) is 1.73. The first kappa shape index (κ1) is 14.0. The van der Waals surface area contributed by atoms with Gasteiger partial charge in [0.15, 0.2) is 0 Å². The first-order valence-electron chi connectivity index (χ1n) is 5.52. The third-order valence-electron chi connectivity index (χ3n) is 2.67. The average molecular weight is 351 g/mol. The molecule has 1 atom stereocenters. The second kappa shape index (κ2) is 5.69. The van der Waals surface area contributed by atoms with E-state index in [1.807, 2.05) is 14.0 Å². The Morgan fingerprint density at radius 2 is 2.33 bits per heavy atom. The molecule has 2 aromatic rings. The monoisotopic (exact) mass is 349 g/mol. The minimum absolute atomic E-state index is 0.466. The van der Waals surface area contributed by atoms with Gasteiger partial charge in [-0.2, -0.15) is 5.10 Å². The average Bonchev–Trinajstić information content (AvgIpc) is 2.87. The van der Waals surface area contributed by atoms with Gasteiger partial charge in [-0.3, -0.25) is 4.68 Å². The Labute approximate surface area is 123 Å². The number of hydrogen-bond donors (Lipinski definition) is 1. The van der Waals surface area contributed by atoms with Gasteiger partial charge in [-0.1, -0.05) is 18.5 Å². The Morgan fingerprint density at radius 3 is 2.83 bits per heavy atom. The van der Waals surface area contributed by atoms with Gasteiger partial charge in [0, 0.05) is 13.5 Å². The van der Waals surface area contributed by atoms with Crippen LogP contribution in [-0.2, 0) is 19.9 Å². The summed E-state index contributed by atoms with van der Waals surface area (Å²) in [7, 11) is 1.88. The molecule has 0 aliphatic rings. The van der Waals surface area contributed by atoms with Crippen LogP contribution in [0, 0.1) is 0 Å². The zero-order valence-electron chi connectivity index (χ0n) is 10.0. The molecule has 0 radical (unpaired) electrons. The van der Waals surface area contributed by atoms with Crippen LogP contribution in [-0.4, -0.2) is 19.9 Å². The number of aromatic nitrogens is 3. The van der Waals surface area contributed by atoms with E-state index >= 15 is 0 Å². The van der Waals surface area contributed by atoms with Crippen LogP contribution in [0.5, 0.6) is 0 Å². The van der Waals surface area contributed by atoms with Crippen molar-refractivity contribution in [3.8, 4) is 0 Å². The standard InChI is InChI=1S/C11H13BrClN3OS/c1-3-6-10(12)7(16(2)15-6)4-8(17)11-14-5-9(13)18-11/h5,8,17H,3-4H2,1-2H3. The van der Waals surface area contributed by atoms with Crippen molar-refractivity contribution in [2.45, 2.75) is 25.9 Å². The fraction of sp³-hybridized carbons (Fsp3) is 0.455. The summed E-state index contributed by atoms with van der Waals surface area (Å²) in [5.74, 6) is 0. The zero-order chi connectivity index (χ0) is 13.3. The lowest BCUT2D eigenvalue weighted by molar-refractivity contribution is 0.175. The molecular weight excluding hydrogens is 338 g/mol. The summed E-state index contributed by atoms with van der Waals surface area (Å²) < 4.78 is 3.35. The summed E-state index contributed by atoms with van der Waals surface area (Å²) >= 11 is 10.6. The van der Waals surface area contributed by atoms with E-state index in [0.29, 0.717) is 15.8 Å². The van der Waals surface area contributed by atoms with Crippen molar-refractivity contribution >= 4 is 38.9 Å². The Bertz CT molecular complexity index is 554. The topological polar surface area (TPSA) is 50.9 Å². The van der Waals surface area contributed by atoms with E-state index in [0.717, 1.165) is 22.3 Å². The summed E-state index contributed by atoms with van der Waals surface area (Å²) in [6.45, 7) is 2.05. The normalized spacial score (nSPS) is 12.9. The van der Waals surface area contributed by atoms with Crippen LogP contribution in [0.25, 0.3) is 0 Å². The molecule has 0 bridgehead atoms. The molecule has 2 heterocycles. The van der Waals surface area contributed by atoms with Crippen LogP contribution in [0.1, 0.15) is 29.4 Å². The molecule has 2 aromatic heterocycles. The van der Waals surface area contributed by atoms with E-state index in [1.165, 1.54) is 11.3 Å². The number of halogens is 2. The van der Waals surface area contributed by atoms with Gasteiger partial charge < -0.3 is 5.11 Å². The minimum atomic E-state index is -0.654. The Balaban J connectivity index is 2.21. The van der Waals surface area contributed by atoms with Crippen LogP contribution in [0.15, 0.2) is 10.7 Å². The SMILES string of the molecule is CCc1nn(C)c(CC(O)c2ncc(Cl)s2)c1Br. The minimum Gasteiger partial charge on any atom is -0.386 e. The van der Waals surface area contributed by atoms with Gasteiger partial charge in [0.2, 0.25) is 0 Å². The quantitative estimate of drug-likeness (QED) is 0.921. The molecule has 1 N–H and O–H groups in total. The Morgan fingerprint density at radius 1 is 1.61 bits per heavy atom. The van der Waals surface area contributed by atoms with E-state index < -0.39 is 6.10 Å². The molecule has 0 aliphatic carbocycles. The number of aliphatic hydroxyl groups is 1. The highest BCUT2D eigenvalue weighted by Crippen LogP contribution is 2.29. The second-order valence-corrected chi connectivity index (χ2v) is 6.39. The number of nitrogens with zero attached hydrogens (tertiary/aromatic N) is 3. The maximum atomic E-state index is 10.1. The second-order valence-electron chi connectivity index (χ2n) is 3.91. The number of aryl methyl sites for hydroxylation is 2. The van der Waals surface area contributed by atoms with E-state index in [1.54, 1.807) is 10.9 Å². The summed E-state index contributed by atoms with van der Waals surface area (Å²) in [5.41, 5.74) is 1.96. The van der Waals surface area contributed by atoms with E-state index in [4.69, 9.17) is 11.6 Å². The highest BCUT2D eigenvalue weighted by molar-refractivity contribution is 9.10. The van der Waals surface area contributed by atoms with Gasteiger partial charge in [-0.15, -0.1) is 11.3 Å². The number of hydrogen-bond acceptors (Lipinski definition) is 4. The van der Waals surface area contributed by atoms with E-state index in [2.05, 4.69) is 26.0 Å². The molecule has 4 nitrogen and oxygen atoms in total. The van der Waals surface area contributed by atoms with Crippen molar-refractivity contribution in [1.29, 1.82) is 0 Å². The lowest BCUT2D eigenvalue weighted by Crippen LogP contribution is -2.06. The molecule has 2 rings (SSSR count). The fourth-order valence-corrected chi connectivity index (χ4v) is 3.43. The largest absolute Gasteiger partial charge is 0.386 e. The first-order valence-corrected chi connectivity index (χ1v) is 7.51. The third-order valence-corrected chi connectivity index (χ3v) is 4.80. The molecule has 18 heavy (non-hydrogen) atoms. The van der Waals surface area contributed by atoms with Crippen molar-refractivity contribution in [3.05, 3.63) is 31.4 Å². The molecule has 0 saturated carbocycles. The molecule has 1 unspecified atom stereocenters. The summed E-state index contributed by atoms with van der Waals surface area (Å²) in [6, 6.07) is 0. The molecule has 7 heteroatoms. The van der Waals surface area contributed by atoms with Crippen molar-refractivity contribution < 1.29 is 5.11 Å². The van der Waals surface area contributed by atoms with Crippen LogP contribution >= 0.6 is 38.9 Å². The van der Waals surface area contributed by atoms with Crippen molar-refractivity contribution in [2.75, 3.05) is 0 Å². The van der Waals surface area contributed by atoms with E-state index in [9.17, 15) is 5.11 Å². The number of aliphatic hydroxyl groups excluding tert-OH is 1. The van der Waals surface area contributed by atoms with E-state index in [-0.39, 0.29) is 0 Å². The molecular formula is C11H13BrClN3OS. The van der Waals surface area contributed by atoms with Gasteiger partial charge in [0.25, 0.3) is 0 Å². The zero-order valence-corrected chi connectivity index (χ0v) is 13.2. The maximum absolute atomic E-state index is 10.1. The van der Waals surface area contributed by atoms with Gasteiger partial charge in [-0.05, 0) is 22.4 Å². The Kier molecular flexibility index (Phi) is 4.42. The third kappa shape index (κ3) is 2.77. The maximum Gasteiger partial charge on any atom is 0.123 e. The summed E-state index contributed by atoms with van der Waals surface area (Å²) in [6.07, 6.45) is 2.22. The molecule has 0 fully saturated rings.